The van der Waals surface area contributed by atoms with Crippen LogP contribution in [0, 0.1) is 5.92 Å². The lowest BCUT2D eigenvalue weighted by Gasteiger charge is -2.30. The molecule has 194 valence electrons. The normalized spacial score (nSPS) is 14.4. The smallest absolute Gasteiger partial charge is 0.232 e. The second-order valence-electron chi connectivity index (χ2n) is 10.4. The molecule has 3 atom stereocenters. The first-order chi connectivity index (χ1) is 17.1. The summed E-state index contributed by atoms with van der Waals surface area (Å²) in [4.78, 5) is 13.7. The molecule has 0 spiro atoms. The molecule has 5 nitrogen and oxygen atoms in total. The number of carbonyl (C=O) groups excluding carboxylic acids is 1. The van der Waals surface area contributed by atoms with Crippen molar-refractivity contribution >= 4 is 27.7 Å². The summed E-state index contributed by atoms with van der Waals surface area (Å²) in [6.07, 6.45) is 0.785. The van der Waals surface area contributed by atoms with Gasteiger partial charge in [-0.3, -0.25) is 9.36 Å². The van der Waals surface area contributed by atoms with Crippen molar-refractivity contribution in [3.63, 3.8) is 0 Å². The van der Waals surface area contributed by atoms with Gasteiger partial charge in [-0.2, -0.15) is 0 Å². The minimum Gasteiger partial charge on any atom is -0.493 e. The fourth-order valence-electron chi connectivity index (χ4n) is 4.71. The molecule has 0 aliphatic rings. The minimum absolute atomic E-state index is 0.0307. The first-order valence-corrected chi connectivity index (χ1v) is 12.6. The molecule has 0 saturated carbocycles. The second kappa shape index (κ2) is 11.7. The van der Waals surface area contributed by atoms with Gasteiger partial charge in [0, 0.05) is 35.2 Å². The number of carbonyl (C=O) groups is 1. The van der Waals surface area contributed by atoms with Gasteiger partial charge in [0.05, 0.1) is 22.8 Å². The number of nitrogens with one attached hydrogen (secondary N) is 1. The Morgan fingerprint density at radius 3 is 2.11 bits per heavy atom. The Labute approximate surface area is 213 Å². The molecule has 0 radical (unpaired) electrons. The number of rotatable bonds is 12. The topological polar surface area (TPSA) is 63.5 Å². The summed E-state index contributed by atoms with van der Waals surface area (Å²) in [5.41, 5.74) is 1.91. The number of benzene rings is 2. The molecule has 6 heteroatoms. The largest absolute Gasteiger partial charge is 0.493 e. The van der Waals surface area contributed by atoms with E-state index in [0.717, 1.165) is 34.6 Å². The van der Waals surface area contributed by atoms with E-state index in [0.29, 0.717) is 11.5 Å². The maximum atomic E-state index is 13.7. The molecule has 0 saturated heterocycles. The molecule has 2 aromatic carbocycles. The zero-order valence-electron chi connectivity index (χ0n) is 21.9. The van der Waals surface area contributed by atoms with Crippen LogP contribution in [0.2, 0.25) is 0 Å². The van der Waals surface area contributed by atoms with Crippen LogP contribution >= 0.6 is 0 Å². The average Bonchev–Trinajstić information content (AvgIpc) is 3.16. The van der Waals surface area contributed by atoms with Crippen LogP contribution in [0.3, 0.4) is 0 Å². The molecule has 1 aromatic heterocycles. The molecule has 3 aromatic rings. The Morgan fingerprint density at radius 2 is 1.61 bits per heavy atom. The van der Waals surface area contributed by atoms with Gasteiger partial charge in [0.2, 0.25) is 5.91 Å². The number of hydrogen-bond acceptors (Lipinski definition) is 4. The number of halogens is 1. The van der Waals surface area contributed by atoms with Crippen LogP contribution in [0.1, 0.15) is 58.2 Å². The van der Waals surface area contributed by atoms with Crippen molar-refractivity contribution in [3.8, 4) is 0 Å². The van der Waals surface area contributed by atoms with E-state index >= 15 is 0 Å². The number of para-hydroxylation sites is 2. The Kier molecular flexibility index (Phi) is 8.96. The van der Waals surface area contributed by atoms with Crippen molar-refractivity contribution < 1.29 is 19.0 Å². The van der Waals surface area contributed by atoms with Gasteiger partial charge in [-0.05, 0) is 39.3 Å². The molecule has 1 heterocycles. The summed E-state index contributed by atoms with van der Waals surface area (Å²) in [6.45, 7) is 15.0. The molecule has 0 bridgehead atoms. The summed E-state index contributed by atoms with van der Waals surface area (Å²) in [7, 11) is 0. The lowest BCUT2D eigenvalue weighted by atomic mass is 9.94. The van der Waals surface area contributed by atoms with Crippen molar-refractivity contribution in [1.82, 2.24) is 9.88 Å². The Morgan fingerprint density at radius 1 is 1.06 bits per heavy atom. The predicted octanol–water partition coefficient (Wildman–Crippen LogP) is 6.76. The molecule has 2 unspecified atom stereocenters. The quantitative estimate of drug-likeness (QED) is 0.273. The number of aliphatic hydroxyl groups is 1. The van der Waals surface area contributed by atoms with E-state index < -0.39 is 24.4 Å². The first kappa shape index (κ1) is 27.5. The highest BCUT2D eigenvalue weighted by atomic mass is 19.1. The predicted molar refractivity (Wildman–Crippen MR) is 146 cm³/mol. The van der Waals surface area contributed by atoms with Gasteiger partial charge >= 0.3 is 0 Å². The van der Waals surface area contributed by atoms with E-state index in [4.69, 9.17) is 4.74 Å². The standard InChI is InChI=1S/C30H39FN2O3/c1-7-12-22(21(3)32-25(28(34)19-31)17-20(2)36-30(4,5)6)18-29(35)33-26-15-10-8-13-23(26)24-14-9-11-16-27(24)33/h8-11,13-16,22,25,28,32,34H,2-3,7,12,17-19H2,1,4-6H3/t22-,25?,28?/m1/s1. The van der Waals surface area contributed by atoms with E-state index in [9.17, 15) is 14.3 Å². The monoisotopic (exact) mass is 494 g/mol. The van der Waals surface area contributed by atoms with Gasteiger partial charge < -0.3 is 15.2 Å². The Hall–Kier alpha value is -3.12. The van der Waals surface area contributed by atoms with Crippen LogP contribution in [0.15, 0.2) is 73.1 Å². The van der Waals surface area contributed by atoms with Crippen LogP contribution in [0.5, 0.6) is 0 Å². The van der Waals surface area contributed by atoms with Crippen LogP contribution in [0.4, 0.5) is 4.39 Å². The number of aliphatic hydroxyl groups excluding tert-OH is 1. The molecule has 0 aliphatic carbocycles. The lowest BCUT2D eigenvalue weighted by Crippen LogP contribution is -2.43. The maximum absolute atomic E-state index is 13.7. The van der Waals surface area contributed by atoms with Gasteiger partial charge in [-0.25, -0.2) is 4.39 Å². The summed E-state index contributed by atoms with van der Waals surface area (Å²) in [6, 6.07) is 15.1. The zero-order chi connectivity index (χ0) is 26.5. The van der Waals surface area contributed by atoms with E-state index in [-0.39, 0.29) is 24.7 Å². The summed E-state index contributed by atoms with van der Waals surface area (Å²) in [5, 5.41) is 15.6. The Bertz CT molecular complexity index is 1170. The second-order valence-corrected chi connectivity index (χ2v) is 10.4. The van der Waals surface area contributed by atoms with Gasteiger partial charge in [-0.15, -0.1) is 0 Å². The third-order valence-electron chi connectivity index (χ3n) is 6.27. The van der Waals surface area contributed by atoms with Gasteiger partial charge in [-0.1, -0.05) is 62.9 Å². The van der Waals surface area contributed by atoms with Crippen molar-refractivity contribution in [3.05, 3.63) is 73.1 Å². The molecular formula is C30H39FN2O3. The van der Waals surface area contributed by atoms with Crippen molar-refractivity contribution in [1.29, 1.82) is 0 Å². The fraction of sp³-hybridized carbons (Fsp3) is 0.433. The van der Waals surface area contributed by atoms with E-state index in [1.54, 1.807) is 4.57 Å². The number of hydrogen-bond donors (Lipinski definition) is 2. The van der Waals surface area contributed by atoms with Gasteiger partial charge in [0.1, 0.15) is 18.4 Å². The fourth-order valence-corrected chi connectivity index (χ4v) is 4.71. The van der Waals surface area contributed by atoms with Crippen molar-refractivity contribution in [2.24, 2.45) is 5.92 Å². The van der Waals surface area contributed by atoms with Gasteiger partial charge in [0.25, 0.3) is 0 Å². The van der Waals surface area contributed by atoms with Crippen LogP contribution < -0.4 is 5.32 Å². The molecule has 0 amide bonds. The lowest BCUT2D eigenvalue weighted by molar-refractivity contribution is 0.0343. The average molecular weight is 495 g/mol. The highest BCUT2D eigenvalue weighted by Gasteiger charge is 2.27. The van der Waals surface area contributed by atoms with E-state index in [1.165, 1.54) is 0 Å². The number of fused-ring (bicyclic) bond motifs is 3. The molecule has 0 fully saturated rings. The number of allylic oxidation sites excluding steroid dienone is 1. The summed E-state index contributed by atoms with van der Waals surface area (Å²) in [5.74, 6) is 0.235. The van der Waals surface area contributed by atoms with E-state index in [1.807, 2.05) is 69.3 Å². The van der Waals surface area contributed by atoms with Crippen molar-refractivity contribution in [2.75, 3.05) is 6.67 Å². The van der Waals surface area contributed by atoms with E-state index in [2.05, 4.69) is 25.4 Å². The number of ether oxygens (including phenoxy) is 1. The van der Waals surface area contributed by atoms with Crippen LogP contribution in [-0.2, 0) is 4.74 Å². The molecule has 3 rings (SSSR count). The maximum Gasteiger partial charge on any atom is 0.232 e. The number of alkyl halides is 1. The van der Waals surface area contributed by atoms with Gasteiger partial charge in [0.15, 0.2) is 0 Å². The Balaban J connectivity index is 1.83. The SMILES string of the molecule is C=C(CC(NC(=C)[C@H](CCC)CC(=O)n1c2ccccc2c2ccccc21)C(O)CF)OC(C)(C)C. The summed E-state index contributed by atoms with van der Waals surface area (Å²) >= 11 is 0. The minimum atomic E-state index is -1.25. The highest BCUT2D eigenvalue weighted by Crippen LogP contribution is 2.30. The molecular weight excluding hydrogens is 455 g/mol. The third-order valence-corrected chi connectivity index (χ3v) is 6.27. The van der Waals surface area contributed by atoms with Crippen LogP contribution in [0.25, 0.3) is 21.8 Å². The molecule has 2 N–H and O–H groups in total. The highest BCUT2D eigenvalue weighted by molar-refractivity contribution is 6.13. The zero-order valence-corrected chi connectivity index (χ0v) is 21.9. The molecule has 0 aliphatic heterocycles. The first-order valence-electron chi connectivity index (χ1n) is 12.6. The number of aromatic nitrogens is 1. The third kappa shape index (κ3) is 6.55. The van der Waals surface area contributed by atoms with Crippen molar-refractivity contribution in [2.45, 2.75) is 71.1 Å². The van der Waals surface area contributed by atoms with Crippen LogP contribution in [-0.4, -0.2) is 40.0 Å². The summed E-state index contributed by atoms with van der Waals surface area (Å²) < 4.78 is 21.0. The number of nitrogens with zero attached hydrogens (tertiary/aromatic N) is 1. The molecule has 36 heavy (non-hydrogen) atoms.